The van der Waals surface area contributed by atoms with Crippen LogP contribution in [0.2, 0.25) is 0 Å². The zero-order chi connectivity index (χ0) is 33.0. The molecule has 4 aromatic heterocycles. The molecule has 234 valence electrons. The zero-order valence-electron chi connectivity index (χ0n) is 26.6. The Kier molecular flexibility index (Phi) is 6.60. The highest BCUT2D eigenvalue weighted by atomic mass is 32.1. The summed E-state index contributed by atoms with van der Waals surface area (Å²) >= 11 is 1.70. The van der Waals surface area contributed by atoms with Gasteiger partial charge in [-0.2, -0.15) is 4.98 Å². The first-order valence-electron chi connectivity index (χ1n) is 16.5. The molecular formula is C44H26N4OS. The second-order valence-corrected chi connectivity index (χ2v) is 13.3. The Labute approximate surface area is 291 Å². The van der Waals surface area contributed by atoms with Gasteiger partial charge in [0.2, 0.25) is 5.71 Å². The van der Waals surface area contributed by atoms with Crippen LogP contribution in [0.4, 0.5) is 0 Å². The van der Waals surface area contributed by atoms with Crippen molar-refractivity contribution in [1.29, 1.82) is 0 Å². The van der Waals surface area contributed by atoms with Crippen molar-refractivity contribution < 1.29 is 4.42 Å². The Balaban J connectivity index is 1.31. The molecule has 0 atom stereocenters. The molecule has 4 heterocycles. The number of aromatic nitrogens is 4. The molecule has 0 aliphatic heterocycles. The summed E-state index contributed by atoms with van der Waals surface area (Å²) in [5.41, 5.74) is 9.01. The first kappa shape index (κ1) is 28.5. The fourth-order valence-electron chi connectivity index (χ4n) is 6.79. The maximum atomic E-state index is 6.40. The monoisotopic (exact) mass is 658 g/mol. The third-order valence-corrected chi connectivity index (χ3v) is 10.2. The summed E-state index contributed by atoms with van der Waals surface area (Å²) in [6, 6.07) is 54.0. The molecule has 5 nitrogen and oxygen atoms in total. The maximum absolute atomic E-state index is 6.40. The lowest BCUT2D eigenvalue weighted by Gasteiger charge is -2.13. The third-order valence-electron chi connectivity index (χ3n) is 9.13. The van der Waals surface area contributed by atoms with Gasteiger partial charge in [-0.15, -0.1) is 11.3 Å². The highest BCUT2D eigenvalue weighted by molar-refractivity contribution is 7.25. The molecule has 10 rings (SSSR count). The molecule has 50 heavy (non-hydrogen) atoms. The van der Waals surface area contributed by atoms with Crippen LogP contribution in [-0.2, 0) is 0 Å². The van der Waals surface area contributed by atoms with Gasteiger partial charge >= 0.3 is 0 Å². The van der Waals surface area contributed by atoms with E-state index in [9.17, 15) is 0 Å². The van der Waals surface area contributed by atoms with E-state index in [1.165, 1.54) is 4.70 Å². The molecule has 10 aromatic rings. The highest BCUT2D eigenvalue weighted by Crippen LogP contribution is 2.43. The first-order valence-corrected chi connectivity index (χ1v) is 17.3. The van der Waals surface area contributed by atoms with Crippen LogP contribution in [0.25, 0.3) is 98.8 Å². The molecule has 0 bridgehead atoms. The molecule has 0 fully saturated rings. The molecule has 0 amide bonds. The van der Waals surface area contributed by atoms with Gasteiger partial charge in [-0.05, 0) is 41.5 Å². The van der Waals surface area contributed by atoms with Gasteiger partial charge in [0.15, 0.2) is 11.6 Å². The Morgan fingerprint density at radius 1 is 0.400 bits per heavy atom. The summed E-state index contributed by atoms with van der Waals surface area (Å²) in [7, 11) is 0. The predicted octanol–water partition coefficient (Wildman–Crippen LogP) is 11.9. The standard InChI is InChI=1S/C44H26N4OS/c1-4-14-27(15-5-1)30-24-31(39-37-33-20-10-12-22-35(33)49-43(37)47-41(45-39)28-16-6-2-7-17-28)26-32(25-30)40-38-34-21-11-13-23-36(34)50-44(38)48-42(46-40)29-18-8-3-9-19-29/h1-26H. The molecule has 0 unspecified atom stereocenters. The van der Waals surface area contributed by atoms with E-state index >= 15 is 0 Å². The van der Waals surface area contributed by atoms with Crippen molar-refractivity contribution in [2.45, 2.75) is 0 Å². The van der Waals surface area contributed by atoms with Crippen LogP contribution in [0.15, 0.2) is 162 Å². The number of benzene rings is 6. The average Bonchev–Trinajstić information content (AvgIpc) is 3.76. The minimum absolute atomic E-state index is 0.557. The van der Waals surface area contributed by atoms with Crippen LogP contribution >= 0.6 is 11.3 Å². The summed E-state index contributed by atoms with van der Waals surface area (Å²) in [5, 5.41) is 4.05. The molecular weight excluding hydrogens is 633 g/mol. The molecule has 6 aromatic carbocycles. The quantitative estimate of drug-likeness (QED) is 0.184. The minimum Gasteiger partial charge on any atom is -0.438 e. The van der Waals surface area contributed by atoms with E-state index in [-0.39, 0.29) is 0 Å². The van der Waals surface area contributed by atoms with Gasteiger partial charge in [-0.3, -0.25) is 0 Å². The number of furan rings is 1. The molecule has 0 aliphatic rings. The lowest BCUT2D eigenvalue weighted by atomic mass is 9.94. The smallest absolute Gasteiger partial charge is 0.231 e. The Morgan fingerprint density at radius 2 is 0.920 bits per heavy atom. The Bertz CT molecular complexity index is 2690. The van der Waals surface area contributed by atoms with Gasteiger partial charge < -0.3 is 4.42 Å². The fraction of sp³-hybridized carbons (Fsp3) is 0. The van der Waals surface area contributed by atoms with Crippen LogP contribution in [0.5, 0.6) is 0 Å². The lowest BCUT2D eigenvalue weighted by Crippen LogP contribution is -1.97. The zero-order valence-corrected chi connectivity index (χ0v) is 27.4. The normalized spacial score (nSPS) is 11.6. The molecule has 0 N–H and O–H groups in total. The van der Waals surface area contributed by atoms with Gasteiger partial charge in [-0.25, -0.2) is 15.0 Å². The largest absolute Gasteiger partial charge is 0.438 e. The summed E-state index contributed by atoms with van der Waals surface area (Å²) in [5.74, 6) is 1.31. The number of hydrogen-bond donors (Lipinski definition) is 0. The number of rotatable bonds is 5. The van der Waals surface area contributed by atoms with Gasteiger partial charge in [-0.1, -0.05) is 127 Å². The van der Waals surface area contributed by atoms with Crippen molar-refractivity contribution in [3.63, 3.8) is 0 Å². The van der Waals surface area contributed by atoms with Crippen LogP contribution in [0.3, 0.4) is 0 Å². The van der Waals surface area contributed by atoms with Gasteiger partial charge in [0, 0.05) is 43.1 Å². The second kappa shape index (κ2) is 11.6. The first-order chi connectivity index (χ1) is 24.8. The van der Waals surface area contributed by atoms with Crippen LogP contribution in [0, 0.1) is 0 Å². The van der Waals surface area contributed by atoms with E-state index in [0.29, 0.717) is 17.4 Å². The van der Waals surface area contributed by atoms with Crippen LogP contribution < -0.4 is 0 Å². The van der Waals surface area contributed by atoms with Gasteiger partial charge in [0.05, 0.1) is 16.8 Å². The van der Waals surface area contributed by atoms with Crippen molar-refractivity contribution in [3.05, 3.63) is 158 Å². The average molecular weight is 659 g/mol. The predicted molar refractivity (Wildman–Crippen MR) is 205 cm³/mol. The van der Waals surface area contributed by atoms with Gasteiger partial charge in [0.1, 0.15) is 10.4 Å². The van der Waals surface area contributed by atoms with Crippen molar-refractivity contribution in [2.24, 2.45) is 0 Å². The summed E-state index contributed by atoms with van der Waals surface area (Å²) in [4.78, 5) is 21.7. The summed E-state index contributed by atoms with van der Waals surface area (Å²) in [6.45, 7) is 0. The van der Waals surface area contributed by atoms with Crippen molar-refractivity contribution in [1.82, 2.24) is 19.9 Å². The SMILES string of the molecule is c1ccc(-c2cc(-c3nc(-c4ccccc4)nc4oc5ccccc5c34)cc(-c3nc(-c4ccccc4)nc4sc5ccccc5c34)c2)cc1. The van der Waals surface area contributed by atoms with E-state index in [1.54, 1.807) is 11.3 Å². The molecule has 0 spiro atoms. The number of para-hydroxylation sites is 1. The summed E-state index contributed by atoms with van der Waals surface area (Å²) in [6.07, 6.45) is 0. The van der Waals surface area contributed by atoms with Crippen molar-refractivity contribution in [3.8, 4) is 56.4 Å². The highest BCUT2D eigenvalue weighted by Gasteiger charge is 2.22. The fourth-order valence-corrected chi connectivity index (χ4v) is 7.87. The van der Waals surface area contributed by atoms with Crippen LogP contribution in [-0.4, -0.2) is 19.9 Å². The van der Waals surface area contributed by atoms with E-state index in [2.05, 4.69) is 84.9 Å². The second-order valence-electron chi connectivity index (χ2n) is 12.2. The number of fused-ring (bicyclic) bond motifs is 6. The maximum Gasteiger partial charge on any atom is 0.231 e. The topological polar surface area (TPSA) is 64.7 Å². The van der Waals surface area contributed by atoms with E-state index in [4.69, 9.17) is 24.4 Å². The molecule has 0 aliphatic carbocycles. The van der Waals surface area contributed by atoms with E-state index in [0.717, 1.165) is 76.7 Å². The Hall–Kier alpha value is -6.50. The van der Waals surface area contributed by atoms with E-state index < -0.39 is 0 Å². The number of thiophene rings is 1. The van der Waals surface area contributed by atoms with Gasteiger partial charge in [0.25, 0.3) is 0 Å². The number of hydrogen-bond acceptors (Lipinski definition) is 6. The molecule has 0 radical (unpaired) electrons. The minimum atomic E-state index is 0.557. The van der Waals surface area contributed by atoms with Crippen molar-refractivity contribution in [2.75, 3.05) is 0 Å². The lowest BCUT2D eigenvalue weighted by molar-refractivity contribution is 0.653. The molecule has 0 saturated heterocycles. The Morgan fingerprint density at radius 3 is 1.60 bits per heavy atom. The van der Waals surface area contributed by atoms with E-state index in [1.807, 2.05) is 72.8 Å². The van der Waals surface area contributed by atoms with Crippen molar-refractivity contribution >= 4 is 53.7 Å². The molecule has 6 heteroatoms. The third kappa shape index (κ3) is 4.77. The summed E-state index contributed by atoms with van der Waals surface area (Å²) < 4.78 is 7.57. The number of nitrogens with zero attached hydrogens (tertiary/aromatic N) is 4. The molecule has 0 saturated carbocycles. The van der Waals surface area contributed by atoms with Crippen LogP contribution in [0.1, 0.15) is 0 Å².